The molecule has 6 heteroatoms. The number of hydrazone groups is 1. The molecule has 0 aliphatic heterocycles. The Morgan fingerprint density at radius 1 is 0.784 bits per heavy atom. The van der Waals surface area contributed by atoms with Gasteiger partial charge in [-0.2, -0.15) is 5.10 Å². The van der Waals surface area contributed by atoms with Crippen molar-refractivity contribution in [2.45, 2.75) is 20.8 Å². The number of carbonyl (C=O) groups excluding carboxylic acids is 1. The molecule has 2 heterocycles. The van der Waals surface area contributed by atoms with E-state index in [1.165, 1.54) is 12.1 Å². The van der Waals surface area contributed by atoms with Crippen LogP contribution >= 0.6 is 0 Å². The monoisotopic (exact) mass is 490 g/mol. The van der Waals surface area contributed by atoms with E-state index in [0.29, 0.717) is 5.56 Å². The Morgan fingerprint density at radius 3 is 2.27 bits per heavy atom. The molecule has 37 heavy (non-hydrogen) atoms. The number of nitrogens with zero attached hydrogens (tertiary/aromatic N) is 3. The van der Waals surface area contributed by atoms with Crippen LogP contribution in [-0.2, 0) is 0 Å². The summed E-state index contributed by atoms with van der Waals surface area (Å²) in [6.45, 7) is 5.95. The van der Waals surface area contributed by atoms with Crippen LogP contribution in [0.15, 0.2) is 102 Å². The van der Waals surface area contributed by atoms with Crippen molar-refractivity contribution in [3.8, 4) is 22.6 Å². The summed E-state index contributed by atoms with van der Waals surface area (Å²) < 4.78 is 17.8. The lowest BCUT2D eigenvalue weighted by atomic mass is 10.1. The highest BCUT2D eigenvalue weighted by atomic mass is 19.1. The predicted octanol–water partition coefficient (Wildman–Crippen LogP) is 6.76. The summed E-state index contributed by atoms with van der Waals surface area (Å²) in [5.41, 5.74) is 10.9. The van der Waals surface area contributed by atoms with Gasteiger partial charge in [0, 0.05) is 39.6 Å². The Hall–Kier alpha value is -4.71. The summed E-state index contributed by atoms with van der Waals surface area (Å²) in [4.78, 5) is 12.7. The van der Waals surface area contributed by atoms with Gasteiger partial charge in [-0.15, -0.1) is 0 Å². The Kier molecular flexibility index (Phi) is 6.56. The van der Waals surface area contributed by atoms with Crippen LogP contribution in [0.25, 0.3) is 22.6 Å². The van der Waals surface area contributed by atoms with Gasteiger partial charge in [-0.05, 0) is 87.0 Å². The number of halogens is 1. The van der Waals surface area contributed by atoms with Gasteiger partial charge < -0.3 is 9.13 Å². The molecule has 1 amide bonds. The van der Waals surface area contributed by atoms with Crippen LogP contribution in [0, 0.1) is 26.6 Å². The zero-order chi connectivity index (χ0) is 25.9. The number of nitrogens with one attached hydrogen (secondary N) is 1. The number of amides is 1. The first-order valence-electron chi connectivity index (χ1n) is 12.0. The summed E-state index contributed by atoms with van der Waals surface area (Å²) in [5, 5.41) is 4.17. The molecule has 0 spiro atoms. The lowest BCUT2D eigenvalue weighted by molar-refractivity contribution is 0.0955. The lowest BCUT2D eigenvalue weighted by Crippen LogP contribution is -2.17. The molecule has 1 N–H and O–H groups in total. The minimum atomic E-state index is -0.297. The largest absolute Gasteiger partial charge is 0.318 e. The van der Waals surface area contributed by atoms with Crippen molar-refractivity contribution < 1.29 is 9.18 Å². The second-order valence-corrected chi connectivity index (χ2v) is 8.95. The molecule has 0 unspecified atom stereocenters. The first-order valence-corrected chi connectivity index (χ1v) is 12.0. The molecule has 5 aromatic rings. The van der Waals surface area contributed by atoms with Crippen molar-refractivity contribution in [2.75, 3.05) is 0 Å². The second-order valence-electron chi connectivity index (χ2n) is 8.95. The molecule has 0 fully saturated rings. The van der Waals surface area contributed by atoms with Crippen LogP contribution in [0.5, 0.6) is 0 Å². The second kappa shape index (κ2) is 10.1. The van der Waals surface area contributed by atoms with Crippen molar-refractivity contribution >= 4 is 12.1 Å². The van der Waals surface area contributed by atoms with E-state index in [-0.39, 0.29) is 11.7 Å². The van der Waals surface area contributed by atoms with Crippen LogP contribution < -0.4 is 5.43 Å². The number of benzene rings is 3. The standard InChI is InChI=1S/C31H27FN4O/c1-21-12-17-30(24-8-5-4-6-9-24)36(21)28-15-13-25(14-16-28)31(37)34-33-20-26-18-22(2)35(23(26)3)29-11-7-10-27(32)19-29/h4-20H,1-3H3,(H,34,37)/b33-20+. The third-order valence-electron chi connectivity index (χ3n) is 6.44. The average molecular weight is 491 g/mol. The van der Waals surface area contributed by atoms with Gasteiger partial charge >= 0.3 is 0 Å². The highest BCUT2D eigenvalue weighted by Gasteiger charge is 2.12. The minimum absolute atomic E-state index is 0.290. The molecular formula is C31H27FN4O. The Labute approximate surface area is 215 Å². The highest BCUT2D eigenvalue weighted by Crippen LogP contribution is 2.26. The van der Waals surface area contributed by atoms with E-state index in [9.17, 15) is 9.18 Å². The molecule has 2 aromatic heterocycles. The molecule has 5 rings (SSSR count). The number of hydrogen-bond donors (Lipinski definition) is 1. The van der Waals surface area contributed by atoms with Gasteiger partial charge in [-0.1, -0.05) is 36.4 Å². The van der Waals surface area contributed by atoms with E-state index in [4.69, 9.17) is 0 Å². The summed E-state index contributed by atoms with van der Waals surface area (Å²) in [6, 6.07) is 30.3. The fraction of sp³-hybridized carbons (Fsp3) is 0.0968. The quantitative estimate of drug-likeness (QED) is 0.207. The van der Waals surface area contributed by atoms with Gasteiger partial charge in [-0.25, -0.2) is 9.82 Å². The smallest absolute Gasteiger partial charge is 0.271 e. The summed E-state index contributed by atoms with van der Waals surface area (Å²) >= 11 is 0. The molecule has 0 atom stereocenters. The molecule has 3 aromatic carbocycles. The molecule has 5 nitrogen and oxygen atoms in total. The zero-order valence-electron chi connectivity index (χ0n) is 20.9. The molecule has 0 radical (unpaired) electrons. The summed E-state index contributed by atoms with van der Waals surface area (Å²) in [6.07, 6.45) is 1.61. The van der Waals surface area contributed by atoms with Gasteiger partial charge in [-0.3, -0.25) is 4.79 Å². The van der Waals surface area contributed by atoms with Crippen molar-refractivity contribution in [1.82, 2.24) is 14.6 Å². The molecule has 0 aliphatic rings. The maximum atomic E-state index is 13.7. The number of aryl methyl sites for hydroxylation is 2. The number of hydrogen-bond acceptors (Lipinski definition) is 2. The number of carbonyl (C=O) groups is 1. The van der Waals surface area contributed by atoms with Gasteiger partial charge in [0.2, 0.25) is 0 Å². The predicted molar refractivity (Wildman–Crippen MR) is 146 cm³/mol. The first kappa shape index (κ1) is 24.0. The molecule has 0 saturated carbocycles. The van der Waals surface area contributed by atoms with E-state index in [0.717, 1.165) is 45.3 Å². The third kappa shape index (κ3) is 4.86. The number of aromatic nitrogens is 2. The van der Waals surface area contributed by atoms with E-state index in [1.807, 2.05) is 60.9 Å². The van der Waals surface area contributed by atoms with Gasteiger partial charge in [0.15, 0.2) is 0 Å². The van der Waals surface area contributed by atoms with Crippen LogP contribution in [0.3, 0.4) is 0 Å². The van der Waals surface area contributed by atoms with Crippen molar-refractivity contribution in [1.29, 1.82) is 0 Å². The van der Waals surface area contributed by atoms with E-state index < -0.39 is 0 Å². The molecule has 0 aliphatic carbocycles. The Morgan fingerprint density at radius 2 is 1.54 bits per heavy atom. The molecular weight excluding hydrogens is 463 g/mol. The fourth-order valence-corrected chi connectivity index (χ4v) is 4.63. The van der Waals surface area contributed by atoms with Crippen LogP contribution in [-0.4, -0.2) is 21.3 Å². The average Bonchev–Trinajstić information content (AvgIpc) is 3.43. The maximum Gasteiger partial charge on any atom is 0.271 e. The molecule has 0 bridgehead atoms. The van der Waals surface area contributed by atoms with Crippen LogP contribution in [0.2, 0.25) is 0 Å². The molecule has 0 saturated heterocycles. The molecule has 184 valence electrons. The van der Waals surface area contributed by atoms with Crippen molar-refractivity contribution in [2.24, 2.45) is 5.10 Å². The number of rotatable bonds is 6. The minimum Gasteiger partial charge on any atom is -0.318 e. The van der Waals surface area contributed by atoms with E-state index in [1.54, 1.807) is 24.4 Å². The third-order valence-corrected chi connectivity index (χ3v) is 6.44. The topological polar surface area (TPSA) is 51.3 Å². The van der Waals surface area contributed by atoms with Gasteiger partial charge in [0.25, 0.3) is 5.91 Å². The Balaban J connectivity index is 1.31. The van der Waals surface area contributed by atoms with Crippen molar-refractivity contribution in [3.05, 3.63) is 131 Å². The van der Waals surface area contributed by atoms with Gasteiger partial charge in [0.1, 0.15) is 5.82 Å². The Bertz CT molecular complexity index is 1590. The normalized spacial score (nSPS) is 11.2. The van der Waals surface area contributed by atoms with Crippen LogP contribution in [0.4, 0.5) is 4.39 Å². The summed E-state index contributed by atoms with van der Waals surface area (Å²) in [7, 11) is 0. The van der Waals surface area contributed by atoms with Gasteiger partial charge in [0.05, 0.1) is 11.9 Å². The SMILES string of the molecule is Cc1ccc(-c2ccccc2)n1-c1ccc(C(=O)N/N=C/c2cc(C)n(-c3cccc(F)c3)c2C)cc1. The highest BCUT2D eigenvalue weighted by molar-refractivity contribution is 5.95. The maximum absolute atomic E-state index is 13.7. The first-order chi connectivity index (χ1) is 17.9. The van der Waals surface area contributed by atoms with Crippen molar-refractivity contribution in [3.63, 3.8) is 0 Å². The van der Waals surface area contributed by atoms with Crippen LogP contribution in [0.1, 0.15) is 33.0 Å². The van der Waals surface area contributed by atoms with E-state index in [2.05, 4.69) is 46.3 Å². The summed E-state index contributed by atoms with van der Waals surface area (Å²) in [5.74, 6) is -0.587. The lowest BCUT2D eigenvalue weighted by Gasteiger charge is -2.12. The zero-order valence-corrected chi connectivity index (χ0v) is 20.9. The van der Waals surface area contributed by atoms with E-state index >= 15 is 0 Å². The fourth-order valence-electron chi connectivity index (χ4n) is 4.63.